The van der Waals surface area contributed by atoms with Gasteiger partial charge in [-0.1, -0.05) is 12.1 Å². The van der Waals surface area contributed by atoms with Crippen molar-refractivity contribution in [1.82, 2.24) is 10.3 Å². The van der Waals surface area contributed by atoms with Crippen LogP contribution < -0.4 is 19.5 Å². The van der Waals surface area contributed by atoms with E-state index in [0.29, 0.717) is 39.7 Å². The third-order valence-corrected chi connectivity index (χ3v) is 5.51. The molecule has 4 aromatic rings. The number of carbonyl (C=O) groups is 1. The first kappa shape index (κ1) is 24.1. The molecule has 2 aromatic carbocycles. The van der Waals surface area contributed by atoms with Crippen LogP contribution >= 0.6 is 0 Å². The molecule has 182 valence electrons. The number of hydrogen-bond donors (Lipinski definition) is 3. The number of rotatable bonds is 9. The maximum Gasteiger partial charge on any atom is 0.251 e. The van der Waals surface area contributed by atoms with Crippen molar-refractivity contribution < 1.29 is 33.6 Å². The van der Waals surface area contributed by atoms with Gasteiger partial charge in [-0.3, -0.25) is 9.78 Å². The molecule has 3 N–H and O–H groups in total. The topological polar surface area (TPSA) is 123 Å². The van der Waals surface area contributed by atoms with Crippen LogP contribution in [0.2, 0.25) is 0 Å². The quantitative estimate of drug-likeness (QED) is 0.335. The molecule has 0 aliphatic heterocycles. The van der Waals surface area contributed by atoms with Gasteiger partial charge in [-0.25, -0.2) is 0 Å². The Labute approximate surface area is 201 Å². The molecule has 0 saturated heterocycles. The lowest BCUT2D eigenvalue weighted by Crippen LogP contribution is -2.33. The van der Waals surface area contributed by atoms with Gasteiger partial charge in [0.05, 0.1) is 34.0 Å². The molecule has 2 heterocycles. The molecule has 0 fully saturated rings. The van der Waals surface area contributed by atoms with Gasteiger partial charge in [0.2, 0.25) is 5.75 Å². The standard InChI is InChI=1S/C26H26N2O7/c1-32-22-10-17(11-23(33-2)25(22)34-3)21-12-20-24(35-21)19(7-8-27-20)15-5-4-6-16(9-15)26(31)28-13-18(30)14-29/h4-12,18,29-30H,13-14H2,1-3H3,(H,28,31)/t18-/m1/s1. The summed E-state index contributed by atoms with van der Waals surface area (Å²) < 4.78 is 22.5. The summed E-state index contributed by atoms with van der Waals surface area (Å²) >= 11 is 0. The van der Waals surface area contributed by atoms with Crippen molar-refractivity contribution in [2.45, 2.75) is 6.10 Å². The summed E-state index contributed by atoms with van der Waals surface area (Å²) in [5.41, 5.74) is 3.86. The van der Waals surface area contributed by atoms with Crippen LogP contribution in [0, 0.1) is 0 Å². The number of nitrogens with one attached hydrogen (secondary N) is 1. The lowest BCUT2D eigenvalue weighted by molar-refractivity contribution is 0.0802. The van der Waals surface area contributed by atoms with E-state index in [1.165, 1.54) is 0 Å². The second-order valence-corrected chi connectivity index (χ2v) is 7.72. The first-order valence-corrected chi connectivity index (χ1v) is 10.9. The molecule has 1 atom stereocenters. The van der Waals surface area contributed by atoms with Gasteiger partial charge in [-0.05, 0) is 35.9 Å². The molecule has 2 aromatic heterocycles. The number of aliphatic hydroxyl groups excluding tert-OH is 2. The number of methoxy groups -OCH3 is 3. The third-order valence-electron chi connectivity index (χ3n) is 5.51. The van der Waals surface area contributed by atoms with Gasteiger partial charge in [0.15, 0.2) is 17.1 Å². The minimum absolute atomic E-state index is 0.0462. The summed E-state index contributed by atoms with van der Waals surface area (Å²) in [5.74, 6) is 1.68. The summed E-state index contributed by atoms with van der Waals surface area (Å²) in [4.78, 5) is 16.9. The van der Waals surface area contributed by atoms with Gasteiger partial charge in [-0.2, -0.15) is 0 Å². The Morgan fingerprint density at radius 1 is 1.03 bits per heavy atom. The fraction of sp³-hybridized carbons (Fsp3) is 0.231. The van der Waals surface area contributed by atoms with Gasteiger partial charge in [0.25, 0.3) is 5.91 Å². The summed E-state index contributed by atoms with van der Waals surface area (Å²) in [6, 6.07) is 14.3. The van der Waals surface area contributed by atoms with Gasteiger partial charge in [0.1, 0.15) is 11.3 Å². The number of aliphatic hydroxyl groups is 2. The van der Waals surface area contributed by atoms with Crippen LogP contribution in [-0.2, 0) is 0 Å². The lowest BCUT2D eigenvalue weighted by Gasteiger charge is -2.13. The highest BCUT2D eigenvalue weighted by molar-refractivity contribution is 5.98. The zero-order valence-corrected chi connectivity index (χ0v) is 19.6. The van der Waals surface area contributed by atoms with Crippen LogP contribution in [0.15, 0.2) is 59.1 Å². The SMILES string of the molecule is COc1cc(-c2cc3nccc(-c4cccc(C(=O)NC[C@@H](O)CO)c4)c3o2)cc(OC)c1OC. The molecule has 9 heteroatoms. The van der Waals surface area contributed by atoms with Crippen molar-refractivity contribution in [2.24, 2.45) is 0 Å². The maximum absolute atomic E-state index is 12.5. The second-order valence-electron chi connectivity index (χ2n) is 7.72. The maximum atomic E-state index is 12.5. The molecular formula is C26H26N2O7. The van der Waals surface area contributed by atoms with Crippen LogP contribution in [0.25, 0.3) is 33.6 Å². The first-order chi connectivity index (χ1) is 17.0. The summed E-state index contributed by atoms with van der Waals surface area (Å²) in [7, 11) is 4.64. The Balaban J connectivity index is 1.73. The Morgan fingerprint density at radius 2 is 1.77 bits per heavy atom. The monoisotopic (exact) mass is 478 g/mol. The number of benzene rings is 2. The second kappa shape index (κ2) is 10.5. The molecule has 0 spiro atoms. The average molecular weight is 479 g/mol. The summed E-state index contributed by atoms with van der Waals surface area (Å²) in [6.45, 7) is -0.475. The zero-order chi connectivity index (χ0) is 24.9. The van der Waals surface area contributed by atoms with E-state index in [1.54, 1.807) is 57.9 Å². The largest absolute Gasteiger partial charge is 0.493 e. The molecule has 0 bridgehead atoms. The molecule has 4 rings (SSSR count). The van der Waals surface area contributed by atoms with Crippen LogP contribution in [0.3, 0.4) is 0 Å². The van der Waals surface area contributed by atoms with E-state index < -0.39 is 12.7 Å². The number of furan rings is 1. The van der Waals surface area contributed by atoms with Crippen LogP contribution in [-0.4, -0.2) is 61.7 Å². The predicted molar refractivity (Wildman–Crippen MR) is 130 cm³/mol. The average Bonchev–Trinajstić information content (AvgIpc) is 3.35. The molecule has 0 aliphatic carbocycles. The van der Waals surface area contributed by atoms with Crippen molar-refractivity contribution in [3.05, 3.63) is 60.3 Å². The van der Waals surface area contributed by atoms with E-state index >= 15 is 0 Å². The third kappa shape index (κ3) is 4.91. The number of carbonyl (C=O) groups excluding carboxylic acids is 1. The van der Waals surface area contributed by atoms with E-state index in [0.717, 1.165) is 16.7 Å². The van der Waals surface area contributed by atoms with Crippen molar-refractivity contribution in [3.63, 3.8) is 0 Å². The van der Waals surface area contributed by atoms with Crippen LogP contribution in [0.4, 0.5) is 0 Å². The molecule has 0 unspecified atom stereocenters. The normalized spacial score (nSPS) is 11.8. The Morgan fingerprint density at radius 3 is 2.43 bits per heavy atom. The van der Waals surface area contributed by atoms with Gasteiger partial charge in [-0.15, -0.1) is 0 Å². The smallest absolute Gasteiger partial charge is 0.251 e. The fourth-order valence-electron chi connectivity index (χ4n) is 3.74. The van der Waals surface area contributed by atoms with Crippen LogP contribution in [0.5, 0.6) is 17.2 Å². The number of aromatic nitrogens is 1. The summed E-state index contributed by atoms with van der Waals surface area (Å²) in [6.07, 6.45) is 0.662. The minimum atomic E-state index is -1.02. The number of nitrogens with zero attached hydrogens (tertiary/aromatic N) is 1. The lowest BCUT2D eigenvalue weighted by atomic mass is 10.0. The van der Waals surface area contributed by atoms with E-state index in [9.17, 15) is 9.90 Å². The number of amides is 1. The molecule has 35 heavy (non-hydrogen) atoms. The van der Waals surface area contributed by atoms with E-state index in [-0.39, 0.29) is 12.5 Å². The van der Waals surface area contributed by atoms with Crippen molar-refractivity contribution >= 4 is 17.0 Å². The van der Waals surface area contributed by atoms with Crippen molar-refractivity contribution in [3.8, 4) is 39.7 Å². The zero-order valence-electron chi connectivity index (χ0n) is 19.6. The number of hydrogen-bond acceptors (Lipinski definition) is 8. The highest BCUT2D eigenvalue weighted by Gasteiger charge is 2.18. The molecular weight excluding hydrogens is 452 g/mol. The predicted octanol–water partition coefficient (Wildman–Crippen LogP) is 3.27. The molecule has 0 aliphatic rings. The highest BCUT2D eigenvalue weighted by Crippen LogP contribution is 2.42. The number of ether oxygens (including phenoxy) is 3. The molecule has 9 nitrogen and oxygen atoms in total. The van der Waals surface area contributed by atoms with Gasteiger partial charge < -0.3 is 34.2 Å². The first-order valence-electron chi connectivity index (χ1n) is 10.9. The molecule has 1 amide bonds. The summed E-state index contributed by atoms with van der Waals surface area (Å²) in [5, 5.41) is 21.0. The van der Waals surface area contributed by atoms with Crippen molar-refractivity contribution in [2.75, 3.05) is 34.5 Å². The molecule has 0 radical (unpaired) electrons. The Bertz CT molecular complexity index is 1320. The van der Waals surface area contributed by atoms with Gasteiger partial charge in [0, 0.05) is 35.5 Å². The van der Waals surface area contributed by atoms with E-state index in [1.807, 2.05) is 18.2 Å². The Kier molecular flexibility index (Phi) is 7.19. The van der Waals surface area contributed by atoms with E-state index in [2.05, 4.69) is 10.3 Å². The molecule has 0 saturated carbocycles. The fourth-order valence-corrected chi connectivity index (χ4v) is 3.74. The minimum Gasteiger partial charge on any atom is -0.493 e. The van der Waals surface area contributed by atoms with Crippen LogP contribution in [0.1, 0.15) is 10.4 Å². The van der Waals surface area contributed by atoms with Crippen molar-refractivity contribution in [1.29, 1.82) is 0 Å². The highest BCUT2D eigenvalue weighted by atomic mass is 16.5. The van der Waals surface area contributed by atoms with E-state index in [4.69, 9.17) is 23.7 Å². The number of pyridine rings is 1. The van der Waals surface area contributed by atoms with Gasteiger partial charge >= 0.3 is 0 Å². The number of fused-ring (bicyclic) bond motifs is 1. The Hall–Kier alpha value is -4.08.